The Bertz CT molecular complexity index is 445. The number of likely N-dealkylation sites (tertiary alicyclic amines) is 1. The molecule has 1 aromatic carbocycles. The van der Waals surface area contributed by atoms with Gasteiger partial charge < -0.3 is 15.3 Å². The molecule has 1 saturated heterocycles. The maximum absolute atomic E-state index is 11.8. The molecule has 5 heteroatoms. The fourth-order valence-electron chi connectivity index (χ4n) is 2.25. The van der Waals surface area contributed by atoms with E-state index in [9.17, 15) is 9.90 Å². The summed E-state index contributed by atoms with van der Waals surface area (Å²) in [5.74, 6) is 0.322. The molecular weight excluding hydrogens is 264 g/mol. The summed E-state index contributed by atoms with van der Waals surface area (Å²) in [5.41, 5.74) is 0.751. The second kappa shape index (κ2) is 6.78. The Kier molecular flexibility index (Phi) is 5.05. The van der Waals surface area contributed by atoms with Crippen LogP contribution in [0.5, 0.6) is 5.75 Å². The first-order valence-electron chi connectivity index (χ1n) is 6.63. The van der Waals surface area contributed by atoms with Gasteiger partial charge in [0.25, 0.3) is 0 Å². The Morgan fingerprint density at radius 2 is 2.11 bits per heavy atom. The van der Waals surface area contributed by atoms with Crippen LogP contribution in [0.1, 0.15) is 24.8 Å². The van der Waals surface area contributed by atoms with E-state index in [4.69, 9.17) is 11.6 Å². The van der Waals surface area contributed by atoms with Gasteiger partial charge in [0, 0.05) is 38.2 Å². The zero-order valence-corrected chi connectivity index (χ0v) is 11.6. The van der Waals surface area contributed by atoms with Crippen molar-refractivity contribution in [2.75, 3.05) is 19.6 Å². The van der Waals surface area contributed by atoms with Gasteiger partial charge in [-0.05, 0) is 18.9 Å². The lowest BCUT2D eigenvalue weighted by Crippen LogP contribution is -2.30. The standard InChI is InChI=1S/C14H19ClN2O2/c15-12-5-3-4-11(14(12)19)10-16-7-6-13(18)17-8-1-2-9-17/h3-5,16,19H,1-2,6-10H2. The monoisotopic (exact) mass is 282 g/mol. The molecular formula is C14H19ClN2O2. The number of benzene rings is 1. The number of nitrogens with one attached hydrogen (secondary N) is 1. The van der Waals surface area contributed by atoms with Crippen molar-refractivity contribution in [1.82, 2.24) is 10.2 Å². The predicted octanol–water partition coefficient (Wildman–Crippen LogP) is 2.15. The van der Waals surface area contributed by atoms with E-state index < -0.39 is 0 Å². The molecule has 0 aliphatic carbocycles. The zero-order chi connectivity index (χ0) is 13.7. The third-order valence-electron chi connectivity index (χ3n) is 3.36. The molecule has 1 amide bonds. The molecule has 1 aliphatic rings. The molecule has 104 valence electrons. The van der Waals surface area contributed by atoms with E-state index in [2.05, 4.69) is 5.32 Å². The van der Waals surface area contributed by atoms with E-state index in [0.717, 1.165) is 31.5 Å². The Hall–Kier alpha value is -1.26. The first-order chi connectivity index (χ1) is 9.18. The van der Waals surface area contributed by atoms with Gasteiger partial charge in [0.2, 0.25) is 5.91 Å². The Morgan fingerprint density at radius 1 is 1.37 bits per heavy atom. The van der Waals surface area contributed by atoms with Crippen LogP contribution in [0.4, 0.5) is 0 Å². The maximum atomic E-state index is 11.8. The van der Waals surface area contributed by atoms with Crippen LogP contribution in [0.15, 0.2) is 18.2 Å². The Morgan fingerprint density at radius 3 is 2.84 bits per heavy atom. The molecule has 0 atom stereocenters. The summed E-state index contributed by atoms with van der Waals surface area (Å²) < 4.78 is 0. The Balaban J connectivity index is 1.71. The number of phenolic OH excluding ortho intramolecular Hbond substituents is 1. The van der Waals surface area contributed by atoms with Crippen molar-refractivity contribution < 1.29 is 9.90 Å². The van der Waals surface area contributed by atoms with E-state index in [1.807, 2.05) is 11.0 Å². The van der Waals surface area contributed by atoms with Gasteiger partial charge in [-0.25, -0.2) is 0 Å². The highest BCUT2D eigenvalue weighted by Gasteiger charge is 2.16. The average molecular weight is 283 g/mol. The highest BCUT2D eigenvalue weighted by atomic mass is 35.5. The molecule has 2 rings (SSSR count). The molecule has 0 aromatic heterocycles. The molecule has 0 bridgehead atoms. The molecule has 0 saturated carbocycles. The largest absolute Gasteiger partial charge is 0.506 e. The van der Waals surface area contributed by atoms with Crippen LogP contribution in [0.3, 0.4) is 0 Å². The fraction of sp³-hybridized carbons (Fsp3) is 0.500. The lowest BCUT2D eigenvalue weighted by molar-refractivity contribution is -0.130. The van der Waals surface area contributed by atoms with E-state index in [1.165, 1.54) is 0 Å². The fourth-order valence-corrected chi connectivity index (χ4v) is 2.44. The van der Waals surface area contributed by atoms with Crippen LogP contribution >= 0.6 is 11.6 Å². The van der Waals surface area contributed by atoms with Crippen molar-refractivity contribution in [3.8, 4) is 5.75 Å². The van der Waals surface area contributed by atoms with Crippen LogP contribution in [0.25, 0.3) is 0 Å². The lowest BCUT2D eigenvalue weighted by Gasteiger charge is -2.15. The van der Waals surface area contributed by atoms with Gasteiger partial charge in [0.15, 0.2) is 0 Å². The topological polar surface area (TPSA) is 52.6 Å². The quantitative estimate of drug-likeness (QED) is 0.814. The molecule has 0 unspecified atom stereocenters. The van der Waals surface area contributed by atoms with Gasteiger partial charge >= 0.3 is 0 Å². The summed E-state index contributed by atoms with van der Waals surface area (Å²) in [4.78, 5) is 13.7. The molecule has 2 N–H and O–H groups in total. The number of hydrogen-bond acceptors (Lipinski definition) is 3. The van der Waals surface area contributed by atoms with Gasteiger partial charge in [-0.2, -0.15) is 0 Å². The first-order valence-corrected chi connectivity index (χ1v) is 7.01. The summed E-state index contributed by atoms with van der Waals surface area (Å²) >= 11 is 5.82. The molecule has 19 heavy (non-hydrogen) atoms. The first kappa shape index (κ1) is 14.2. The third kappa shape index (κ3) is 3.85. The number of para-hydroxylation sites is 1. The minimum Gasteiger partial charge on any atom is -0.506 e. The summed E-state index contributed by atoms with van der Waals surface area (Å²) in [5, 5.41) is 13.2. The van der Waals surface area contributed by atoms with Crippen LogP contribution in [0.2, 0.25) is 5.02 Å². The van der Waals surface area contributed by atoms with Gasteiger partial charge in [0.1, 0.15) is 5.75 Å². The van der Waals surface area contributed by atoms with E-state index in [-0.39, 0.29) is 11.7 Å². The highest BCUT2D eigenvalue weighted by molar-refractivity contribution is 6.32. The second-order valence-corrected chi connectivity index (χ2v) is 5.17. The van der Waals surface area contributed by atoms with Gasteiger partial charge in [-0.3, -0.25) is 4.79 Å². The van der Waals surface area contributed by atoms with Crippen molar-refractivity contribution >= 4 is 17.5 Å². The molecule has 0 radical (unpaired) electrons. The predicted molar refractivity (Wildman–Crippen MR) is 75.3 cm³/mol. The number of carbonyl (C=O) groups is 1. The Labute approximate surface area is 118 Å². The zero-order valence-electron chi connectivity index (χ0n) is 10.9. The molecule has 0 spiro atoms. The van der Waals surface area contributed by atoms with Crippen LogP contribution < -0.4 is 5.32 Å². The number of carbonyl (C=O) groups excluding carboxylic acids is 1. The molecule has 4 nitrogen and oxygen atoms in total. The van der Waals surface area contributed by atoms with Crippen molar-refractivity contribution in [3.63, 3.8) is 0 Å². The van der Waals surface area contributed by atoms with Gasteiger partial charge in [0.05, 0.1) is 5.02 Å². The lowest BCUT2D eigenvalue weighted by atomic mass is 10.2. The van der Waals surface area contributed by atoms with Crippen molar-refractivity contribution in [1.29, 1.82) is 0 Å². The normalized spacial score (nSPS) is 14.9. The van der Waals surface area contributed by atoms with Crippen molar-refractivity contribution in [2.24, 2.45) is 0 Å². The molecule has 1 fully saturated rings. The molecule has 1 aliphatic heterocycles. The van der Waals surface area contributed by atoms with Gasteiger partial charge in [-0.15, -0.1) is 0 Å². The van der Waals surface area contributed by atoms with Crippen molar-refractivity contribution in [3.05, 3.63) is 28.8 Å². The van der Waals surface area contributed by atoms with E-state index in [0.29, 0.717) is 24.5 Å². The maximum Gasteiger partial charge on any atom is 0.223 e. The summed E-state index contributed by atoms with van der Waals surface area (Å²) in [7, 11) is 0. The number of aromatic hydroxyl groups is 1. The number of amides is 1. The summed E-state index contributed by atoms with van der Waals surface area (Å²) in [6.45, 7) is 2.92. The number of rotatable bonds is 5. The summed E-state index contributed by atoms with van der Waals surface area (Å²) in [6, 6.07) is 5.27. The second-order valence-electron chi connectivity index (χ2n) is 4.76. The van der Waals surface area contributed by atoms with Crippen LogP contribution in [0, 0.1) is 0 Å². The molecule has 1 aromatic rings. The minimum atomic E-state index is 0.113. The molecule has 1 heterocycles. The van der Waals surface area contributed by atoms with Crippen LogP contribution in [-0.2, 0) is 11.3 Å². The smallest absolute Gasteiger partial charge is 0.223 e. The SMILES string of the molecule is O=C(CCNCc1cccc(Cl)c1O)N1CCCC1. The number of nitrogens with zero attached hydrogens (tertiary/aromatic N) is 1. The van der Waals surface area contributed by atoms with E-state index in [1.54, 1.807) is 12.1 Å². The van der Waals surface area contributed by atoms with Crippen molar-refractivity contribution in [2.45, 2.75) is 25.8 Å². The number of hydrogen-bond donors (Lipinski definition) is 2. The number of phenols is 1. The third-order valence-corrected chi connectivity index (χ3v) is 3.67. The average Bonchev–Trinajstić information content (AvgIpc) is 2.93. The highest BCUT2D eigenvalue weighted by Crippen LogP contribution is 2.26. The van der Waals surface area contributed by atoms with Gasteiger partial charge in [-0.1, -0.05) is 23.7 Å². The van der Waals surface area contributed by atoms with Crippen LogP contribution in [-0.4, -0.2) is 35.5 Å². The minimum absolute atomic E-state index is 0.113. The summed E-state index contributed by atoms with van der Waals surface area (Å²) in [6.07, 6.45) is 2.74. The van der Waals surface area contributed by atoms with E-state index >= 15 is 0 Å². The number of halogens is 1.